The normalized spacial score (nSPS) is 17.0. The standard InChI is InChI=1S/C21H27NO4/c1-2-26-21(25)16-10-12-22(13-11-16)20(24)9-8-19(23)18-7-6-15-4-3-5-17(15)14-18/h6-7,14,16H,2-5,8-13H2,1H3. The van der Waals surface area contributed by atoms with Gasteiger partial charge in [-0.25, -0.2) is 0 Å². The topological polar surface area (TPSA) is 63.7 Å². The lowest BCUT2D eigenvalue weighted by Crippen LogP contribution is -2.40. The number of Topliss-reactive ketones (excluding diaryl/α,β-unsaturated/α-hetero) is 1. The first kappa shape index (κ1) is 18.6. The van der Waals surface area contributed by atoms with Crippen LogP contribution in [0.2, 0.25) is 0 Å². The predicted molar refractivity (Wildman–Crippen MR) is 98.0 cm³/mol. The van der Waals surface area contributed by atoms with E-state index in [1.165, 1.54) is 11.1 Å². The van der Waals surface area contributed by atoms with Gasteiger partial charge >= 0.3 is 5.97 Å². The number of amides is 1. The second-order valence-electron chi connectivity index (χ2n) is 7.17. The van der Waals surface area contributed by atoms with E-state index in [2.05, 4.69) is 6.07 Å². The van der Waals surface area contributed by atoms with E-state index in [4.69, 9.17) is 4.74 Å². The Morgan fingerprint density at radius 3 is 2.54 bits per heavy atom. The largest absolute Gasteiger partial charge is 0.466 e. The Labute approximate surface area is 154 Å². The quantitative estimate of drug-likeness (QED) is 0.580. The summed E-state index contributed by atoms with van der Waals surface area (Å²) in [6, 6.07) is 5.94. The third-order valence-electron chi connectivity index (χ3n) is 5.45. The first-order valence-electron chi connectivity index (χ1n) is 9.68. The molecule has 1 amide bonds. The molecule has 5 nitrogen and oxygen atoms in total. The minimum Gasteiger partial charge on any atom is -0.466 e. The molecule has 1 aromatic rings. The summed E-state index contributed by atoms with van der Waals surface area (Å²) in [5.41, 5.74) is 3.35. The number of likely N-dealkylation sites (tertiary alicyclic amines) is 1. The van der Waals surface area contributed by atoms with Crippen LogP contribution < -0.4 is 0 Å². The third kappa shape index (κ3) is 4.32. The van der Waals surface area contributed by atoms with E-state index in [-0.39, 0.29) is 36.4 Å². The first-order valence-corrected chi connectivity index (χ1v) is 9.68. The maximum atomic E-state index is 12.4. The smallest absolute Gasteiger partial charge is 0.309 e. The highest BCUT2D eigenvalue weighted by Crippen LogP contribution is 2.24. The Hall–Kier alpha value is -2.17. The van der Waals surface area contributed by atoms with Crippen LogP contribution in [0.1, 0.15) is 60.5 Å². The Kier molecular flexibility index (Phi) is 6.07. The molecule has 0 unspecified atom stereocenters. The molecule has 1 aliphatic heterocycles. The number of benzene rings is 1. The summed E-state index contributed by atoms with van der Waals surface area (Å²) in [5, 5.41) is 0. The molecule has 0 radical (unpaired) electrons. The molecular formula is C21H27NO4. The number of ketones is 1. The summed E-state index contributed by atoms with van der Waals surface area (Å²) < 4.78 is 5.05. The van der Waals surface area contributed by atoms with Gasteiger partial charge in [0.05, 0.1) is 12.5 Å². The summed E-state index contributed by atoms with van der Waals surface area (Å²) in [6.45, 7) is 3.32. The fourth-order valence-electron chi connectivity index (χ4n) is 3.89. The van der Waals surface area contributed by atoms with Crippen molar-refractivity contribution in [2.24, 2.45) is 5.92 Å². The molecule has 1 aromatic carbocycles. The van der Waals surface area contributed by atoms with Gasteiger partial charge in [0.15, 0.2) is 5.78 Å². The average Bonchev–Trinajstić information content (AvgIpc) is 3.14. The summed E-state index contributed by atoms with van der Waals surface area (Å²) >= 11 is 0. The molecule has 0 bridgehead atoms. The van der Waals surface area contributed by atoms with Crippen LogP contribution in [0.25, 0.3) is 0 Å². The second-order valence-corrected chi connectivity index (χ2v) is 7.17. The minimum absolute atomic E-state index is 0.00168. The fourth-order valence-corrected chi connectivity index (χ4v) is 3.89. The van der Waals surface area contributed by atoms with Crippen LogP contribution in [0.15, 0.2) is 18.2 Å². The van der Waals surface area contributed by atoms with Crippen LogP contribution in [0.3, 0.4) is 0 Å². The van der Waals surface area contributed by atoms with Gasteiger partial charge in [-0.05, 0) is 56.2 Å². The molecule has 1 saturated heterocycles. The molecule has 0 aromatic heterocycles. The van der Waals surface area contributed by atoms with Crippen LogP contribution in [0, 0.1) is 5.92 Å². The van der Waals surface area contributed by atoms with E-state index in [1.54, 1.807) is 11.8 Å². The zero-order valence-electron chi connectivity index (χ0n) is 15.5. The molecular weight excluding hydrogens is 330 g/mol. The summed E-state index contributed by atoms with van der Waals surface area (Å²) in [6.07, 6.45) is 5.07. The zero-order chi connectivity index (χ0) is 18.5. The lowest BCUT2D eigenvalue weighted by Gasteiger charge is -2.30. The lowest BCUT2D eigenvalue weighted by atomic mass is 9.96. The van der Waals surface area contributed by atoms with E-state index in [1.807, 2.05) is 12.1 Å². The predicted octanol–water partition coefficient (Wildman–Crippen LogP) is 2.94. The number of carbonyl (C=O) groups excluding carboxylic acids is 3. The Bertz CT molecular complexity index is 689. The van der Waals surface area contributed by atoms with Gasteiger partial charge in [-0.1, -0.05) is 12.1 Å². The van der Waals surface area contributed by atoms with E-state index in [0.29, 0.717) is 32.5 Å². The number of hydrogen-bond donors (Lipinski definition) is 0. The molecule has 1 aliphatic carbocycles. The van der Waals surface area contributed by atoms with Crippen molar-refractivity contribution < 1.29 is 19.1 Å². The maximum Gasteiger partial charge on any atom is 0.309 e. The zero-order valence-corrected chi connectivity index (χ0v) is 15.5. The Morgan fingerprint density at radius 1 is 1.08 bits per heavy atom. The second kappa shape index (κ2) is 8.47. The van der Waals surface area contributed by atoms with Crippen LogP contribution in [-0.4, -0.2) is 42.3 Å². The van der Waals surface area contributed by atoms with Gasteiger partial charge in [0.2, 0.25) is 5.91 Å². The summed E-state index contributed by atoms with van der Waals surface area (Å²) in [7, 11) is 0. The SMILES string of the molecule is CCOC(=O)C1CCN(C(=O)CCC(=O)c2ccc3c(c2)CCC3)CC1. The summed E-state index contributed by atoms with van der Waals surface area (Å²) in [5.74, 6) is -0.227. The molecule has 0 N–H and O–H groups in total. The van der Waals surface area contributed by atoms with E-state index in [9.17, 15) is 14.4 Å². The molecule has 5 heteroatoms. The van der Waals surface area contributed by atoms with Crippen LogP contribution in [-0.2, 0) is 27.2 Å². The summed E-state index contributed by atoms with van der Waals surface area (Å²) in [4.78, 5) is 38.3. The average molecular weight is 357 g/mol. The van der Waals surface area contributed by atoms with Crippen molar-refractivity contribution in [2.75, 3.05) is 19.7 Å². The van der Waals surface area contributed by atoms with Crippen LogP contribution in [0.4, 0.5) is 0 Å². The molecule has 140 valence electrons. The van der Waals surface area contributed by atoms with Crippen molar-refractivity contribution in [3.63, 3.8) is 0 Å². The number of rotatable bonds is 6. The highest BCUT2D eigenvalue weighted by Gasteiger charge is 2.28. The van der Waals surface area contributed by atoms with Gasteiger partial charge in [0.1, 0.15) is 0 Å². The number of aryl methyl sites for hydroxylation is 2. The molecule has 1 heterocycles. The highest BCUT2D eigenvalue weighted by atomic mass is 16.5. The van der Waals surface area contributed by atoms with Gasteiger partial charge in [-0.3, -0.25) is 14.4 Å². The molecule has 0 atom stereocenters. The number of nitrogens with zero attached hydrogens (tertiary/aromatic N) is 1. The van der Waals surface area contributed by atoms with Crippen LogP contribution >= 0.6 is 0 Å². The van der Waals surface area contributed by atoms with Crippen LogP contribution in [0.5, 0.6) is 0 Å². The molecule has 2 aliphatic rings. The Balaban J connectivity index is 1.45. The Morgan fingerprint density at radius 2 is 1.81 bits per heavy atom. The molecule has 26 heavy (non-hydrogen) atoms. The third-order valence-corrected chi connectivity index (χ3v) is 5.45. The van der Waals surface area contributed by atoms with Crippen molar-refractivity contribution in [3.05, 3.63) is 34.9 Å². The molecule has 0 saturated carbocycles. The van der Waals surface area contributed by atoms with Gasteiger partial charge < -0.3 is 9.64 Å². The van der Waals surface area contributed by atoms with Crippen molar-refractivity contribution in [1.29, 1.82) is 0 Å². The lowest BCUT2D eigenvalue weighted by molar-refractivity contribution is -0.151. The van der Waals surface area contributed by atoms with Crippen molar-refractivity contribution in [2.45, 2.75) is 51.9 Å². The van der Waals surface area contributed by atoms with E-state index >= 15 is 0 Å². The number of hydrogen-bond acceptors (Lipinski definition) is 4. The monoisotopic (exact) mass is 357 g/mol. The number of ether oxygens (including phenoxy) is 1. The van der Waals surface area contributed by atoms with Crippen molar-refractivity contribution >= 4 is 17.7 Å². The van der Waals surface area contributed by atoms with Gasteiger partial charge in [-0.15, -0.1) is 0 Å². The fraction of sp³-hybridized carbons (Fsp3) is 0.571. The van der Waals surface area contributed by atoms with Crippen molar-refractivity contribution in [3.8, 4) is 0 Å². The number of carbonyl (C=O) groups is 3. The van der Waals surface area contributed by atoms with Gasteiger partial charge in [0, 0.05) is 31.5 Å². The molecule has 3 rings (SSSR count). The van der Waals surface area contributed by atoms with E-state index < -0.39 is 0 Å². The molecule has 0 spiro atoms. The first-order chi connectivity index (χ1) is 12.6. The minimum atomic E-state index is -0.161. The maximum absolute atomic E-state index is 12.4. The number of fused-ring (bicyclic) bond motifs is 1. The highest BCUT2D eigenvalue weighted by molar-refractivity contribution is 5.98. The van der Waals surface area contributed by atoms with Gasteiger partial charge in [0.25, 0.3) is 0 Å². The number of piperidine rings is 1. The van der Waals surface area contributed by atoms with Crippen molar-refractivity contribution in [1.82, 2.24) is 4.90 Å². The van der Waals surface area contributed by atoms with Gasteiger partial charge in [-0.2, -0.15) is 0 Å². The number of esters is 1. The molecule has 1 fully saturated rings. The van der Waals surface area contributed by atoms with E-state index in [0.717, 1.165) is 24.8 Å².